The molecule has 2 N–H and O–H groups in total. The minimum atomic E-state index is -2.15. The molecule has 0 aromatic carbocycles. The van der Waals surface area contributed by atoms with E-state index >= 15 is 0 Å². The van der Waals surface area contributed by atoms with E-state index in [1.807, 2.05) is 9.80 Å². The molecule has 43 heavy (non-hydrogen) atoms. The van der Waals surface area contributed by atoms with Gasteiger partial charge in [-0.15, -0.1) is 23.2 Å². The first-order valence-electron chi connectivity index (χ1n) is 19.1. The van der Waals surface area contributed by atoms with E-state index in [0.29, 0.717) is 6.42 Å². The van der Waals surface area contributed by atoms with Crippen LogP contribution in [0.2, 0.25) is 0 Å². The molecule has 0 aliphatic heterocycles. The number of hydrogen-bond donors (Lipinski definition) is 2. The topological polar surface area (TPSA) is 55.0 Å². The molecule has 0 saturated heterocycles. The summed E-state index contributed by atoms with van der Waals surface area (Å²) in [6, 6.07) is 0. The fraction of sp³-hybridized carbons (Fsp3) is 1.00. The van der Waals surface area contributed by atoms with E-state index < -0.39 is 11.4 Å². The molecule has 0 radical (unpaired) electrons. The monoisotopic (exact) mass is 653 g/mol. The number of unbranched alkanes of at least 4 members (excludes halogenated alkanes) is 14. The van der Waals surface area contributed by atoms with Crippen molar-refractivity contribution in [3.8, 4) is 0 Å². The summed E-state index contributed by atoms with van der Waals surface area (Å²) in [5, 5.41) is 21.2. The summed E-state index contributed by atoms with van der Waals surface area (Å²) in [6.45, 7) is 24.3. The van der Waals surface area contributed by atoms with Gasteiger partial charge in [0, 0.05) is 0 Å². The van der Waals surface area contributed by atoms with Crippen LogP contribution in [-0.2, 0) is 0 Å². The molecule has 0 bridgehead atoms. The summed E-state index contributed by atoms with van der Waals surface area (Å²) in [6.07, 6.45) is 27.5. The Morgan fingerprint density at radius 1 is 0.395 bits per heavy atom. The van der Waals surface area contributed by atoms with Crippen LogP contribution in [0.15, 0.2) is 0 Å². The average molecular weight is 654 g/mol. The second-order valence-electron chi connectivity index (χ2n) is 12.8. The van der Waals surface area contributed by atoms with Gasteiger partial charge in [-0.3, -0.25) is 0 Å². The Labute approximate surface area is 282 Å². The van der Waals surface area contributed by atoms with Crippen molar-refractivity contribution < 1.29 is 19.8 Å². The fourth-order valence-electron chi connectivity index (χ4n) is 5.10. The van der Waals surface area contributed by atoms with Crippen molar-refractivity contribution >= 4 is 30.3 Å². The fourth-order valence-corrected chi connectivity index (χ4v) is 5.37. The molecule has 0 atom stereocenters. The van der Waals surface area contributed by atoms with Gasteiger partial charge in [0.15, 0.2) is 0 Å². The Morgan fingerprint density at radius 3 is 0.860 bits per heavy atom. The lowest BCUT2D eigenvalue weighted by Crippen LogP contribution is -3.12. The Balaban J connectivity index is -0.000000566. The smallest absolute Gasteiger partial charge is 0.0770 e. The van der Waals surface area contributed by atoms with Gasteiger partial charge in [-0.2, -0.15) is 0 Å². The van der Waals surface area contributed by atoms with Gasteiger partial charge in [-0.05, 0) is 44.9 Å². The third-order valence-electron chi connectivity index (χ3n) is 8.26. The first-order chi connectivity index (χ1) is 20.7. The molecule has 0 saturated carbocycles. The summed E-state index contributed by atoms with van der Waals surface area (Å²) in [7, 11) is -2.15. The van der Waals surface area contributed by atoms with E-state index in [0.717, 1.165) is 19.3 Å². The number of alkyl halides is 2. The Hall–Kier alpha value is 0.485. The van der Waals surface area contributed by atoms with Crippen LogP contribution in [0.25, 0.3) is 0 Å². The number of quaternary nitrogens is 2. The third-order valence-corrected chi connectivity index (χ3v) is 9.00. The Bertz CT molecular complexity index is 440. The molecule has 0 fully saturated rings. The van der Waals surface area contributed by atoms with Gasteiger partial charge in [-0.1, -0.05) is 152 Å². The van der Waals surface area contributed by atoms with Crippen LogP contribution >= 0.6 is 23.2 Å². The van der Waals surface area contributed by atoms with Crippen LogP contribution < -0.4 is 19.8 Å². The molecule has 0 rings (SSSR count). The average Bonchev–Trinajstić information content (AvgIpc) is 3.00. The molecule has 0 aliphatic rings. The highest BCUT2D eigenvalue weighted by molar-refractivity contribution is 6.73. The first-order valence-corrected chi connectivity index (χ1v) is 19.8. The highest BCUT2D eigenvalue weighted by Gasteiger charge is 2.19. The van der Waals surface area contributed by atoms with Crippen molar-refractivity contribution in [2.24, 2.45) is 0 Å². The molecule has 0 aromatic heterocycles. The molecule has 0 aromatic rings. The van der Waals surface area contributed by atoms with Gasteiger partial charge >= 0.3 is 0 Å². The van der Waals surface area contributed by atoms with Gasteiger partial charge in [0.2, 0.25) is 0 Å². The maximum Gasteiger partial charge on any atom is 0.0770 e. The molecule has 7 heteroatoms. The zero-order valence-corrected chi connectivity index (χ0v) is 32.0. The molecular formula is C36H79BCl2N2O2. The highest BCUT2D eigenvalue weighted by Crippen LogP contribution is 2.27. The second kappa shape index (κ2) is 38.7. The quantitative estimate of drug-likeness (QED) is 0.0504. The lowest BCUT2D eigenvalue weighted by atomic mass is 9.81. The maximum absolute atomic E-state index is 10.6. The predicted octanol–water partition coefficient (Wildman–Crippen LogP) is 7.37. The van der Waals surface area contributed by atoms with Gasteiger partial charge in [0.1, 0.15) is 0 Å². The third kappa shape index (κ3) is 38.6. The predicted molar refractivity (Wildman–Crippen MR) is 193 cm³/mol. The number of rotatable bonds is 29. The van der Waals surface area contributed by atoms with Gasteiger partial charge in [0.25, 0.3) is 0 Å². The van der Waals surface area contributed by atoms with E-state index in [1.165, 1.54) is 155 Å². The van der Waals surface area contributed by atoms with Crippen molar-refractivity contribution in [3.63, 3.8) is 0 Å². The lowest BCUT2D eigenvalue weighted by molar-refractivity contribution is -0.900. The normalized spacial score (nSPS) is 11.4. The van der Waals surface area contributed by atoms with Crippen molar-refractivity contribution in [2.45, 2.75) is 194 Å². The summed E-state index contributed by atoms with van der Waals surface area (Å²) in [5.41, 5.74) is 0. The highest BCUT2D eigenvalue weighted by atomic mass is 35.5. The van der Waals surface area contributed by atoms with Crippen LogP contribution in [-0.4, -0.2) is 50.6 Å². The van der Waals surface area contributed by atoms with Crippen molar-refractivity contribution in [2.75, 3.05) is 39.3 Å². The molecule has 4 nitrogen and oxygen atoms in total. The molecule has 0 unspecified atom stereocenters. The molecular weight excluding hydrogens is 574 g/mol. The van der Waals surface area contributed by atoms with Crippen molar-refractivity contribution in [1.82, 2.24) is 0 Å². The summed E-state index contributed by atoms with van der Waals surface area (Å²) in [4.78, 5) is 3.68. The summed E-state index contributed by atoms with van der Waals surface area (Å²) >= 11 is 11.2. The SMILES string of the molecule is CCCCCCCCCCCC(Cl)(Cl)B([O-])[O-].CCCC[NH+](CCCC)CCCC.CCCC[NH+](CCCC)CCCC. The minimum Gasteiger partial charge on any atom is -0.891 e. The lowest BCUT2D eigenvalue weighted by Gasteiger charge is -2.39. The molecule has 0 spiro atoms. The minimum absolute atomic E-state index is 0.309. The Kier molecular flexibility index (Phi) is 43.1. The van der Waals surface area contributed by atoms with Gasteiger partial charge in [-0.25, -0.2) is 0 Å². The van der Waals surface area contributed by atoms with Crippen LogP contribution in [0.1, 0.15) is 190 Å². The maximum atomic E-state index is 10.6. The van der Waals surface area contributed by atoms with Crippen LogP contribution in [0.3, 0.4) is 0 Å². The van der Waals surface area contributed by atoms with E-state index in [4.69, 9.17) is 23.2 Å². The summed E-state index contributed by atoms with van der Waals surface area (Å²) in [5.74, 6) is 0. The zero-order valence-electron chi connectivity index (χ0n) is 30.4. The number of halogens is 2. The van der Waals surface area contributed by atoms with Crippen molar-refractivity contribution in [3.05, 3.63) is 0 Å². The second-order valence-corrected chi connectivity index (χ2v) is 14.3. The van der Waals surface area contributed by atoms with E-state index in [-0.39, 0.29) is 0 Å². The van der Waals surface area contributed by atoms with E-state index in [2.05, 4.69) is 48.5 Å². The van der Waals surface area contributed by atoms with Gasteiger partial charge in [0.05, 0.1) is 43.5 Å². The largest absolute Gasteiger partial charge is 0.891 e. The summed E-state index contributed by atoms with van der Waals surface area (Å²) < 4.78 is -1.62. The van der Waals surface area contributed by atoms with E-state index in [9.17, 15) is 10.0 Å². The number of hydrogen-bond acceptors (Lipinski definition) is 2. The Morgan fingerprint density at radius 2 is 0.628 bits per heavy atom. The van der Waals surface area contributed by atoms with Crippen LogP contribution in [0.4, 0.5) is 0 Å². The zero-order chi connectivity index (χ0) is 33.0. The molecule has 0 amide bonds. The van der Waals surface area contributed by atoms with Crippen LogP contribution in [0, 0.1) is 0 Å². The molecule has 0 heterocycles. The van der Waals surface area contributed by atoms with Crippen LogP contribution in [0.5, 0.6) is 0 Å². The number of nitrogens with one attached hydrogen (secondary N) is 2. The van der Waals surface area contributed by atoms with Crippen molar-refractivity contribution in [1.29, 1.82) is 0 Å². The standard InChI is InChI=1S/C12H23BCl2O2.2C12H27N/c1-2-3-4-5-6-7-8-9-10-11-12(14,15)13(16)17;2*1-4-7-10-13(11-8-5-2)12-9-6-3/h2-11H2,1H3;2*4-12H2,1-3H3/q-2;;/p+2. The first kappa shape index (κ1) is 47.9. The molecule has 262 valence electrons. The van der Waals surface area contributed by atoms with E-state index in [1.54, 1.807) is 0 Å². The molecule has 0 aliphatic carbocycles. The van der Waals surface area contributed by atoms with Gasteiger partial charge < -0.3 is 19.8 Å².